The molecule has 98 valence electrons. The number of benzene rings is 1. The molecule has 2 aliphatic rings. The quantitative estimate of drug-likeness (QED) is 0.802. The topological polar surface area (TPSA) is 58.9 Å². The summed E-state index contributed by atoms with van der Waals surface area (Å²) in [6.07, 6.45) is 3.18. The van der Waals surface area contributed by atoms with E-state index in [4.69, 9.17) is 9.47 Å². The van der Waals surface area contributed by atoms with Gasteiger partial charge in [0.2, 0.25) is 0 Å². The standard InChI is InChI=1S/C14H18O4/c1-10-3-2-4-12(9-10)18-14(15,16)13-7-5-11(17-13)6-8-13/h2-4,9,11,15-16H,5-8H2,1H3. The molecule has 0 unspecified atom stereocenters. The lowest BCUT2D eigenvalue weighted by Crippen LogP contribution is -2.56. The average molecular weight is 250 g/mol. The van der Waals surface area contributed by atoms with Gasteiger partial charge in [0.1, 0.15) is 5.75 Å². The predicted octanol–water partition coefficient (Wildman–Crippen LogP) is 1.72. The Balaban J connectivity index is 1.82. The Morgan fingerprint density at radius 2 is 2.06 bits per heavy atom. The number of hydrogen-bond acceptors (Lipinski definition) is 4. The lowest BCUT2D eigenvalue weighted by atomic mass is 9.86. The van der Waals surface area contributed by atoms with Crippen LogP contribution >= 0.6 is 0 Å². The maximum absolute atomic E-state index is 10.2. The van der Waals surface area contributed by atoms with Gasteiger partial charge in [-0.1, -0.05) is 12.1 Å². The normalized spacial score (nSPS) is 30.7. The molecule has 2 N–H and O–H groups in total. The molecule has 4 heteroatoms. The molecule has 4 nitrogen and oxygen atoms in total. The summed E-state index contributed by atoms with van der Waals surface area (Å²) in [4.78, 5) is 0. The van der Waals surface area contributed by atoms with Crippen LogP contribution in [0.25, 0.3) is 0 Å². The maximum Gasteiger partial charge on any atom is 0.352 e. The van der Waals surface area contributed by atoms with Gasteiger partial charge >= 0.3 is 5.97 Å². The van der Waals surface area contributed by atoms with Gasteiger partial charge in [-0.2, -0.15) is 0 Å². The highest BCUT2D eigenvalue weighted by molar-refractivity contribution is 5.28. The molecular formula is C14H18O4. The number of aliphatic hydroxyl groups is 2. The average Bonchev–Trinajstić information content (AvgIpc) is 2.89. The summed E-state index contributed by atoms with van der Waals surface area (Å²) in [5.74, 6) is -1.81. The van der Waals surface area contributed by atoms with Gasteiger partial charge in [0.05, 0.1) is 6.10 Å². The van der Waals surface area contributed by atoms with Crippen LogP contribution in [-0.2, 0) is 4.74 Å². The van der Waals surface area contributed by atoms with E-state index in [9.17, 15) is 10.2 Å². The second-order valence-corrected chi connectivity index (χ2v) is 5.34. The van der Waals surface area contributed by atoms with Crippen molar-refractivity contribution in [2.45, 2.75) is 50.3 Å². The molecule has 3 rings (SSSR count). The minimum absolute atomic E-state index is 0.157. The minimum Gasteiger partial charge on any atom is -0.437 e. The molecule has 2 fully saturated rings. The molecular weight excluding hydrogens is 232 g/mol. The van der Waals surface area contributed by atoms with Crippen LogP contribution in [0, 0.1) is 6.92 Å². The molecule has 0 radical (unpaired) electrons. The first-order valence-corrected chi connectivity index (χ1v) is 6.39. The largest absolute Gasteiger partial charge is 0.437 e. The van der Waals surface area contributed by atoms with E-state index in [2.05, 4.69) is 0 Å². The van der Waals surface area contributed by atoms with Crippen molar-refractivity contribution in [2.75, 3.05) is 0 Å². The SMILES string of the molecule is Cc1cccc(OC(O)(O)C23CCC(CC2)O3)c1. The van der Waals surface area contributed by atoms with E-state index in [0.717, 1.165) is 18.4 Å². The van der Waals surface area contributed by atoms with Gasteiger partial charge < -0.3 is 19.7 Å². The zero-order chi connectivity index (χ0) is 12.8. The van der Waals surface area contributed by atoms with Gasteiger partial charge in [-0.05, 0) is 50.3 Å². The Hall–Kier alpha value is -1.10. The summed E-state index contributed by atoms with van der Waals surface area (Å²) < 4.78 is 11.1. The smallest absolute Gasteiger partial charge is 0.352 e. The van der Waals surface area contributed by atoms with Crippen LogP contribution in [-0.4, -0.2) is 27.9 Å². The van der Waals surface area contributed by atoms with E-state index >= 15 is 0 Å². The Morgan fingerprint density at radius 1 is 1.33 bits per heavy atom. The Bertz CT molecular complexity index is 447. The van der Waals surface area contributed by atoms with E-state index in [1.807, 2.05) is 19.1 Å². The van der Waals surface area contributed by atoms with E-state index < -0.39 is 11.6 Å². The number of rotatable bonds is 3. The van der Waals surface area contributed by atoms with Crippen molar-refractivity contribution < 1.29 is 19.7 Å². The van der Waals surface area contributed by atoms with Gasteiger partial charge in [0.25, 0.3) is 0 Å². The molecule has 2 aliphatic heterocycles. The van der Waals surface area contributed by atoms with Gasteiger partial charge in [0.15, 0.2) is 5.60 Å². The molecule has 18 heavy (non-hydrogen) atoms. The third kappa shape index (κ3) is 1.81. The van der Waals surface area contributed by atoms with Crippen molar-refractivity contribution in [1.82, 2.24) is 0 Å². The molecule has 0 aromatic heterocycles. The number of fused-ring (bicyclic) bond motifs is 2. The Labute approximate surface area is 106 Å². The molecule has 2 bridgehead atoms. The Morgan fingerprint density at radius 3 is 2.61 bits per heavy atom. The number of aryl methyl sites for hydroxylation is 1. The lowest BCUT2D eigenvalue weighted by Gasteiger charge is -2.37. The van der Waals surface area contributed by atoms with Gasteiger partial charge in [-0.15, -0.1) is 0 Å². The molecule has 0 aliphatic carbocycles. The molecule has 0 saturated carbocycles. The molecule has 0 amide bonds. The van der Waals surface area contributed by atoms with Crippen LogP contribution in [0.1, 0.15) is 31.2 Å². The second kappa shape index (κ2) is 3.95. The third-order valence-electron chi connectivity index (χ3n) is 3.98. The Kier molecular flexibility index (Phi) is 2.62. The zero-order valence-electron chi connectivity index (χ0n) is 10.4. The van der Waals surface area contributed by atoms with E-state index in [1.165, 1.54) is 0 Å². The second-order valence-electron chi connectivity index (χ2n) is 5.34. The van der Waals surface area contributed by atoms with Crippen molar-refractivity contribution >= 4 is 0 Å². The number of hydrogen-bond donors (Lipinski definition) is 2. The lowest BCUT2D eigenvalue weighted by molar-refractivity contribution is -0.371. The maximum atomic E-state index is 10.2. The van der Waals surface area contributed by atoms with Crippen LogP contribution in [0.4, 0.5) is 0 Å². The summed E-state index contributed by atoms with van der Waals surface area (Å²) in [5, 5.41) is 20.5. The first kappa shape index (κ1) is 12.0. The van der Waals surface area contributed by atoms with Crippen LogP contribution in [0.3, 0.4) is 0 Å². The van der Waals surface area contributed by atoms with Crippen molar-refractivity contribution in [3.8, 4) is 5.75 Å². The monoisotopic (exact) mass is 250 g/mol. The molecule has 0 spiro atoms. The summed E-state index contributed by atoms with van der Waals surface area (Å²) >= 11 is 0. The van der Waals surface area contributed by atoms with E-state index in [-0.39, 0.29) is 6.10 Å². The van der Waals surface area contributed by atoms with Crippen molar-refractivity contribution in [3.63, 3.8) is 0 Å². The van der Waals surface area contributed by atoms with Crippen LogP contribution in [0.5, 0.6) is 5.75 Å². The van der Waals surface area contributed by atoms with Crippen molar-refractivity contribution in [2.24, 2.45) is 0 Å². The molecule has 2 saturated heterocycles. The summed E-state index contributed by atoms with van der Waals surface area (Å²) in [5.41, 5.74) is 0.0546. The van der Waals surface area contributed by atoms with Crippen LogP contribution in [0.2, 0.25) is 0 Å². The molecule has 2 heterocycles. The summed E-state index contributed by atoms with van der Waals surface area (Å²) in [6.45, 7) is 1.93. The van der Waals surface area contributed by atoms with E-state index in [0.29, 0.717) is 18.6 Å². The fourth-order valence-electron chi connectivity index (χ4n) is 2.95. The van der Waals surface area contributed by atoms with E-state index in [1.54, 1.807) is 12.1 Å². The summed E-state index contributed by atoms with van der Waals surface area (Å²) in [6, 6.07) is 7.25. The molecule has 1 aromatic rings. The van der Waals surface area contributed by atoms with Gasteiger partial charge in [0, 0.05) is 0 Å². The van der Waals surface area contributed by atoms with Crippen molar-refractivity contribution in [3.05, 3.63) is 29.8 Å². The highest BCUT2D eigenvalue weighted by Gasteiger charge is 2.61. The summed E-state index contributed by atoms with van der Waals surface area (Å²) in [7, 11) is 0. The third-order valence-corrected chi connectivity index (χ3v) is 3.98. The van der Waals surface area contributed by atoms with Crippen molar-refractivity contribution in [1.29, 1.82) is 0 Å². The predicted molar refractivity (Wildman–Crippen MR) is 65.0 cm³/mol. The van der Waals surface area contributed by atoms with Crippen LogP contribution in [0.15, 0.2) is 24.3 Å². The molecule has 0 atom stereocenters. The number of ether oxygens (including phenoxy) is 2. The fraction of sp³-hybridized carbons (Fsp3) is 0.571. The highest BCUT2D eigenvalue weighted by atomic mass is 16.8. The first-order valence-electron chi connectivity index (χ1n) is 6.39. The minimum atomic E-state index is -2.26. The first-order chi connectivity index (χ1) is 8.51. The van der Waals surface area contributed by atoms with Gasteiger partial charge in [-0.25, -0.2) is 0 Å². The van der Waals surface area contributed by atoms with Gasteiger partial charge in [-0.3, -0.25) is 0 Å². The zero-order valence-corrected chi connectivity index (χ0v) is 10.4. The van der Waals surface area contributed by atoms with Crippen LogP contribution < -0.4 is 4.74 Å². The fourth-order valence-corrected chi connectivity index (χ4v) is 2.95. The highest BCUT2D eigenvalue weighted by Crippen LogP contribution is 2.49. The molecule has 1 aromatic carbocycles.